The minimum atomic E-state index is -0.689. The van der Waals surface area contributed by atoms with Gasteiger partial charge in [-0.05, 0) is 36.2 Å². The number of carbonyl (C=O) groups is 4. The van der Waals surface area contributed by atoms with E-state index in [9.17, 15) is 19.2 Å². The van der Waals surface area contributed by atoms with Gasteiger partial charge in [0.05, 0.1) is 7.11 Å². The molecule has 2 aromatic rings. The second-order valence-electron chi connectivity index (χ2n) is 6.79. The number of aromatic nitrogens is 1. The highest BCUT2D eigenvalue weighted by Crippen LogP contribution is 2.28. The van der Waals surface area contributed by atoms with E-state index in [1.165, 1.54) is 12.0 Å². The summed E-state index contributed by atoms with van der Waals surface area (Å²) in [4.78, 5) is 54.3. The van der Waals surface area contributed by atoms with Crippen molar-refractivity contribution >= 4 is 29.4 Å². The van der Waals surface area contributed by atoms with Gasteiger partial charge in [0, 0.05) is 30.2 Å². The van der Waals surface area contributed by atoms with Gasteiger partial charge in [0.1, 0.15) is 11.9 Å². The van der Waals surface area contributed by atoms with E-state index in [1.807, 2.05) is 0 Å². The molecule has 3 heterocycles. The van der Waals surface area contributed by atoms with Crippen molar-refractivity contribution in [3.63, 3.8) is 0 Å². The van der Waals surface area contributed by atoms with Crippen LogP contribution in [0.1, 0.15) is 39.1 Å². The average molecular weight is 394 g/mol. The number of hydrogen-bond acceptors (Lipinski definition) is 6. The SMILES string of the molecule is COc1cccc(NC(=O)c2ccc3c(c2)CN(C2CCC(=O)NC2=O)C3=O)n1. The quantitative estimate of drug-likeness (QED) is 0.750. The molecule has 1 fully saturated rings. The maximum atomic E-state index is 12.7. The van der Waals surface area contributed by atoms with Crippen molar-refractivity contribution in [2.45, 2.75) is 25.4 Å². The fraction of sp³-hybridized carbons (Fsp3) is 0.250. The lowest BCUT2D eigenvalue weighted by Crippen LogP contribution is -2.52. The van der Waals surface area contributed by atoms with Crippen LogP contribution in [0.2, 0.25) is 0 Å². The van der Waals surface area contributed by atoms with Crippen LogP contribution in [-0.2, 0) is 16.1 Å². The first-order valence-corrected chi connectivity index (χ1v) is 9.06. The summed E-state index contributed by atoms with van der Waals surface area (Å²) < 4.78 is 5.04. The van der Waals surface area contributed by atoms with Crippen LogP contribution in [0, 0.1) is 0 Å². The zero-order valence-electron chi connectivity index (χ0n) is 15.6. The molecule has 0 saturated carbocycles. The topological polar surface area (TPSA) is 118 Å². The van der Waals surface area contributed by atoms with Crippen LogP contribution in [0.15, 0.2) is 36.4 Å². The molecule has 4 amide bonds. The summed E-state index contributed by atoms with van der Waals surface area (Å²) >= 11 is 0. The third-order valence-electron chi connectivity index (χ3n) is 4.96. The molecule has 0 spiro atoms. The molecular formula is C20H18N4O5. The molecule has 1 aromatic carbocycles. The molecule has 2 aliphatic heterocycles. The lowest BCUT2D eigenvalue weighted by Gasteiger charge is -2.29. The van der Waals surface area contributed by atoms with Crippen LogP contribution in [0.25, 0.3) is 0 Å². The van der Waals surface area contributed by atoms with Gasteiger partial charge >= 0.3 is 0 Å². The lowest BCUT2D eigenvalue weighted by atomic mass is 10.0. The largest absolute Gasteiger partial charge is 0.481 e. The Hall–Kier alpha value is -3.75. The van der Waals surface area contributed by atoms with Crippen LogP contribution in [0.4, 0.5) is 5.82 Å². The van der Waals surface area contributed by atoms with Gasteiger partial charge in [-0.25, -0.2) is 0 Å². The number of carbonyl (C=O) groups excluding carboxylic acids is 4. The number of rotatable bonds is 4. The van der Waals surface area contributed by atoms with E-state index in [0.29, 0.717) is 34.8 Å². The maximum Gasteiger partial charge on any atom is 0.256 e. The minimum Gasteiger partial charge on any atom is -0.481 e. The second-order valence-corrected chi connectivity index (χ2v) is 6.79. The Kier molecular flexibility index (Phi) is 4.71. The number of nitrogens with zero attached hydrogens (tertiary/aromatic N) is 2. The lowest BCUT2D eigenvalue weighted by molar-refractivity contribution is -0.136. The van der Waals surface area contributed by atoms with Crippen LogP contribution in [-0.4, -0.2) is 46.7 Å². The van der Waals surface area contributed by atoms with Gasteiger partial charge in [0.2, 0.25) is 17.7 Å². The number of hydrogen-bond donors (Lipinski definition) is 2. The van der Waals surface area contributed by atoms with E-state index in [-0.39, 0.29) is 30.7 Å². The van der Waals surface area contributed by atoms with Gasteiger partial charge < -0.3 is 15.0 Å². The van der Waals surface area contributed by atoms with Crippen molar-refractivity contribution in [3.05, 3.63) is 53.1 Å². The number of benzene rings is 1. The standard InChI is InChI=1S/C20H18N4O5/c1-29-17-4-2-3-15(21-17)22-18(26)11-5-6-13-12(9-11)10-24(20(13)28)14-7-8-16(25)23-19(14)27/h2-6,9,14H,7-8,10H2,1H3,(H,21,22,26)(H,23,25,27). The van der Waals surface area contributed by atoms with E-state index < -0.39 is 11.9 Å². The van der Waals surface area contributed by atoms with Crippen molar-refractivity contribution in [2.24, 2.45) is 0 Å². The van der Waals surface area contributed by atoms with E-state index in [2.05, 4.69) is 15.6 Å². The van der Waals surface area contributed by atoms with Crippen LogP contribution >= 0.6 is 0 Å². The van der Waals surface area contributed by atoms with E-state index >= 15 is 0 Å². The maximum absolute atomic E-state index is 12.7. The predicted octanol–water partition coefficient (Wildman–Crippen LogP) is 1.10. The van der Waals surface area contributed by atoms with Crippen LogP contribution < -0.4 is 15.4 Å². The number of methoxy groups -OCH3 is 1. The summed E-state index contributed by atoms with van der Waals surface area (Å²) in [7, 11) is 1.49. The van der Waals surface area contributed by atoms with Crippen molar-refractivity contribution in [1.29, 1.82) is 0 Å². The smallest absolute Gasteiger partial charge is 0.256 e. The molecule has 1 saturated heterocycles. The first-order chi connectivity index (χ1) is 14.0. The predicted molar refractivity (Wildman–Crippen MR) is 101 cm³/mol. The van der Waals surface area contributed by atoms with Crippen molar-refractivity contribution < 1.29 is 23.9 Å². The Balaban J connectivity index is 1.51. The number of nitrogens with one attached hydrogen (secondary N) is 2. The van der Waals surface area contributed by atoms with E-state index in [1.54, 1.807) is 36.4 Å². The van der Waals surface area contributed by atoms with E-state index in [4.69, 9.17) is 4.74 Å². The summed E-state index contributed by atoms with van der Waals surface area (Å²) in [6.07, 6.45) is 0.483. The molecule has 2 aliphatic rings. The molecule has 1 atom stereocenters. The molecule has 0 aliphatic carbocycles. The number of pyridine rings is 1. The normalized spacial score (nSPS) is 18.3. The zero-order valence-corrected chi connectivity index (χ0v) is 15.6. The molecule has 0 bridgehead atoms. The molecule has 29 heavy (non-hydrogen) atoms. The van der Waals surface area contributed by atoms with Gasteiger partial charge in [0.15, 0.2) is 0 Å². The van der Waals surface area contributed by atoms with Gasteiger partial charge in [0.25, 0.3) is 11.8 Å². The van der Waals surface area contributed by atoms with E-state index in [0.717, 1.165) is 0 Å². The number of imide groups is 1. The number of ether oxygens (including phenoxy) is 1. The molecule has 1 aromatic heterocycles. The van der Waals surface area contributed by atoms with Gasteiger partial charge in [-0.3, -0.25) is 24.5 Å². The second kappa shape index (κ2) is 7.34. The highest BCUT2D eigenvalue weighted by Gasteiger charge is 2.39. The van der Waals surface area contributed by atoms with Crippen molar-refractivity contribution in [3.8, 4) is 5.88 Å². The highest BCUT2D eigenvalue weighted by atomic mass is 16.5. The fourth-order valence-electron chi connectivity index (χ4n) is 3.50. The third-order valence-corrected chi connectivity index (χ3v) is 4.96. The number of anilines is 1. The zero-order chi connectivity index (χ0) is 20.5. The third kappa shape index (κ3) is 3.54. The van der Waals surface area contributed by atoms with Gasteiger partial charge in [-0.1, -0.05) is 6.07 Å². The first kappa shape index (κ1) is 18.6. The molecule has 2 N–H and O–H groups in total. The van der Waals surface area contributed by atoms with Crippen molar-refractivity contribution in [1.82, 2.24) is 15.2 Å². The molecule has 9 nitrogen and oxygen atoms in total. The fourth-order valence-corrected chi connectivity index (χ4v) is 3.50. The van der Waals surface area contributed by atoms with Gasteiger partial charge in [-0.15, -0.1) is 0 Å². The van der Waals surface area contributed by atoms with Gasteiger partial charge in [-0.2, -0.15) is 4.98 Å². The Morgan fingerprint density at radius 3 is 2.83 bits per heavy atom. The van der Waals surface area contributed by atoms with Crippen LogP contribution in [0.3, 0.4) is 0 Å². The summed E-state index contributed by atoms with van der Waals surface area (Å²) in [6, 6.07) is 9.10. The minimum absolute atomic E-state index is 0.192. The Bertz CT molecular complexity index is 1040. The summed E-state index contributed by atoms with van der Waals surface area (Å²) in [6.45, 7) is 0.207. The summed E-state index contributed by atoms with van der Waals surface area (Å²) in [5.74, 6) is -0.736. The summed E-state index contributed by atoms with van der Waals surface area (Å²) in [5, 5.41) is 4.96. The first-order valence-electron chi connectivity index (χ1n) is 9.06. The number of piperidine rings is 1. The molecule has 4 rings (SSSR count). The number of amides is 4. The molecule has 9 heteroatoms. The Morgan fingerprint density at radius 1 is 1.24 bits per heavy atom. The molecule has 0 radical (unpaired) electrons. The molecule has 1 unspecified atom stereocenters. The average Bonchev–Trinajstić information content (AvgIpc) is 3.04. The number of fused-ring (bicyclic) bond motifs is 1. The summed E-state index contributed by atoms with van der Waals surface area (Å²) in [5.41, 5.74) is 1.48. The monoisotopic (exact) mass is 394 g/mol. The molecule has 148 valence electrons. The Morgan fingerprint density at radius 2 is 2.07 bits per heavy atom. The van der Waals surface area contributed by atoms with Crippen molar-refractivity contribution in [2.75, 3.05) is 12.4 Å². The highest BCUT2D eigenvalue weighted by molar-refractivity contribution is 6.07. The van der Waals surface area contributed by atoms with Crippen LogP contribution in [0.5, 0.6) is 5.88 Å². The Labute approximate surface area is 166 Å². The molecular weight excluding hydrogens is 376 g/mol.